The normalized spacial score (nSPS) is 17.1. The first-order valence-corrected chi connectivity index (χ1v) is 12.1. The Morgan fingerprint density at radius 3 is 2.94 bits per heavy atom. The van der Waals surface area contributed by atoms with Crippen LogP contribution < -0.4 is 9.64 Å². The lowest BCUT2D eigenvalue weighted by atomic mass is 10.0. The van der Waals surface area contributed by atoms with E-state index in [1.165, 1.54) is 23.1 Å². The van der Waals surface area contributed by atoms with Gasteiger partial charge in [-0.2, -0.15) is 0 Å². The Morgan fingerprint density at radius 2 is 2.12 bits per heavy atom. The van der Waals surface area contributed by atoms with Gasteiger partial charge in [-0.05, 0) is 48.7 Å². The molecule has 1 fully saturated rings. The average Bonchev–Trinajstić information content (AvgIpc) is 3.19. The quantitative estimate of drug-likeness (QED) is 0.495. The van der Waals surface area contributed by atoms with Crippen molar-refractivity contribution in [2.45, 2.75) is 45.7 Å². The predicted octanol–water partition coefficient (Wildman–Crippen LogP) is 4.95. The number of aryl methyl sites for hydroxylation is 1. The topological polar surface area (TPSA) is 65.9 Å². The van der Waals surface area contributed by atoms with E-state index in [-0.39, 0.29) is 6.61 Å². The lowest BCUT2D eigenvalue weighted by Gasteiger charge is -2.41. The van der Waals surface area contributed by atoms with Gasteiger partial charge in [-0.1, -0.05) is 49.3 Å². The molecule has 0 spiro atoms. The standard InChI is InChI=1S/C25H31N3O3S/c1-3-4-7-20-16-27(15-19-6-5-8-21(14-19)31-17-24(29)30)11-12-28(20)25-26-22-10-9-18(2)13-23(22)32-25/h5-6,8-10,13-14,20H,3-4,7,11-12,15-17H2,1-2H3,(H,29,30)/t20-/m0/s1. The van der Waals surface area contributed by atoms with Crippen molar-refractivity contribution in [3.63, 3.8) is 0 Å². The van der Waals surface area contributed by atoms with E-state index in [0.29, 0.717) is 11.8 Å². The van der Waals surface area contributed by atoms with Crippen LogP contribution in [0.25, 0.3) is 10.2 Å². The van der Waals surface area contributed by atoms with Gasteiger partial charge in [0.05, 0.1) is 10.2 Å². The smallest absolute Gasteiger partial charge is 0.341 e. The molecule has 0 radical (unpaired) electrons. The van der Waals surface area contributed by atoms with Crippen LogP contribution in [0.1, 0.15) is 37.3 Å². The maximum Gasteiger partial charge on any atom is 0.341 e. The third-order valence-electron chi connectivity index (χ3n) is 5.90. The van der Waals surface area contributed by atoms with Crippen molar-refractivity contribution in [3.05, 3.63) is 53.6 Å². The van der Waals surface area contributed by atoms with Crippen LogP contribution in [0.15, 0.2) is 42.5 Å². The van der Waals surface area contributed by atoms with E-state index >= 15 is 0 Å². The monoisotopic (exact) mass is 453 g/mol. The van der Waals surface area contributed by atoms with Gasteiger partial charge in [-0.3, -0.25) is 4.90 Å². The molecule has 1 saturated heterocycles. The Hall–Kier alpha value is -2.64. The van der Waals surface area contributed by atoms with Crippen molar-refractivity contribution < 1.29 is 14.6 Å². The van der Waals surface area contributed by atoms with Crippen LogP contribution in [0.5, 0.6) is 5.75 Å². The minimum absolute atomic E-state index is 0.317. The zero-order valence-electron chi connectivity index (χ0n) is 18.8. The van der Waals surface area contributed by atoms with Gasteiger partial charge in [-0.15, -0.1) is 0 Å². The van der Waals surface area contributed by atoms with Crippen LogP contribution in [0, 0.1) is 6.92 Å². The molecule has 0 amide bonds. The summed E-state index contributed by atoms with van der Waals surface area (Å²) in [6, 6.07) is 14.7. The molecule has 1 aliphatic heterocycles. The van der Waals surface area contributed by atoms with Crippen LogP contribution in [0.2, 0.25) is 0 Å². The van der Waals surface area contributed by atoms with Crippen molar-refractivity contribution in [1.29, 1.82) is 0 Å². The Balaban J connectivity index is 1.46. The number of aromatic nitrogens is 1. The molecule has 2 aromatic carbocycles. The number of carboxylic acid groups (broad SMARTS) is 1. The maximum absolute atomic E-state index is 10.8. The van der Waals surface area contributed by atoms with Crippen molar-refractivity contribution in [2.24, 2.45) is 0 Å². The fourth-order valence-electron chi connectivity index (χ4n) is 4.28. The summed E-state index contributed by atoms with van der Waals surface area (Å²) in [6.45, 7) is 7.81. The number of carbonyl (C=O) groups is 1. The highest BCUT2D eigenvalue weighted by atomic mass is 32.1. The highest BCUT2D eigenvalue weighted by Gasteiger charge is 2.28. The third kappa shape index (κ3) is 5.58. The molecule has 4 rings (SSSR count). The number of rotatable bonds is 9. The summed E-state index contributed by atoms with van der Waals surface area (Å²) in [5, 5.41) is 9.98. The number of ether oxygens (including phenoxy) is 1. The van der Waals surface area contributed by atoms with Gasteiger partial charge >= 0.3 is 5.97 Å². The molecule has 3 aromatic rings. The number of thiazole rings is 1. The summed E-state index contributed by atoms with van der Waals surface area (Å²) >= 11 is 1.80. The lowest BCUT2D eigenvalue weighted by Crippen LogP contribution is -2.53. The summed E-state index contributed by atoms with van der Waals surface area (Å²) in [4.78, 5) is 20.7. The van der Waals surface area contributed by atoms with Crippen LogP contribution in [-0.4, -0.2) is 53.2 Å². The summed E-state index contributed by atoms with van der Waals surface area (Å²) in [6.07, 6.45) is 3.55. The molecule has 7 heteroatoms. The number of anilines is 1. The number of benzene rings is 2. The number of hydrogen-bond acceptors (Lipinski definition) is 6. The van der Waals surface area contributed by atoms with E-state index in [9.17, 15) is 4.79 Å². The van der Waals surface area contributed by atoms with Crippen LogP contribution in [0.4, 0.5) is 5.13 Å². The Kier molecular flexibility index (Phi) is 7.27. The molecule has 0 unspecified atom stereocenters. The summed E-state index contributed by atoms with van der Waals surface area (Å²) in [5.74, 6) is -0.355. The highest BCUT2D eigenvalue weighted by Crippen LogP contribution is 2.33. The Labute approximate surface area is 193 Å². The van der Waals surface area contributed by atoms with Gasteiger partial charge in [0.2, 0.25) is 0 Å². The zero-order chi connectivity index (χ0) is 22.5. The van der Waals surface area contributed by atoms with E-state index in [0.717, 1.165) is 48.8 Å². The summed E-state index contributed by atoms with van der Waals surface area (Å²) in [5.41, 5.74) is 3.51. The number of fused-ring (bicyclic) bond motifs is 1. The second kappa shape index (κ2) is 10.3. The van der Waals surface area contributed by atoms with Gasteiger partial charge in [-0.25, -0.2) is 9.78 Å². The van der Waals surface area contributed by atoms with Gasteiger partial charge in [0.25, 0.3) is 0 Å². The largest absolute Gasteiger partial charge is 0.482 e. The zero-order valence-corrected chi connectivity index (χ0v) is 19.6. The molecule has 1 N–H and O–H groups in total. The van der Waals surface area contributed by atoms with Gasteiger partial charge in [0.1, 0.15) is 5.75 Å². The minimum Gasteiger partial charge on any atom is -0.482 e. The molecule has 0 saturated carbocycles. The van der Waals surface area contributed by atoms with Crippen molar-refractivity contribution >= 4 is 32.7 Å². The Bertz CT molecular complexity index is 1070. The molecule has 2 heterocycles. The highest BCUT2D eigenvalue weighted by molar-refractivity contribution is 7.22. The molecule has 0 aliphatic carbocycles. The van der Waals surface area contributed by atoms with Crippen molar-refractivity contribution in [3.8, 4) is 5.75 Å². The third-order valence-corrected chi connectivity index (χ3v) is 6.96. The first kappa shape index (κ1) is 22.6. The lowest BCUT2D eigenvalue weighted by molar-refractivity contribution is -0.139. The fraction of sp³-hybridized carbons (Fsp3) is 0.440. The second-order valence-electron chi connectivity index (χ2n) is 8.52. The van der Waals surface area contributed by atoms with Crippen molar-refractivity contribution in [2.75, 3.05) is 31.1 Å². The van der Waals surface area contributed by atoms with Crippen LogP contribution in [-0.2, 0) is 11.3 Å². The summed E-state index contributed by atoms with van der Waals surface area (Å²) < 4.78 is 6.61. The van der Waals surface area contributed by atoms with Crippen molar-refractivity contribution in [1.82, 2.24) is 9.88 Å². The van der Waals surface area contributed by atoms with Gasteiger partial charge in [0.15, 0.2) is 11.7 Å². The number of nitrogens with zero attached hydrogens (tertiary/aromatic N) is 3. The van der Waals surface area contributed by atoms with E-state index in [1.807, 2.05) is 18.2 Å². The fourth-order valence-corrected chi connectivity index (χ4v) is 5.44. The SMILES string of the molecule is CCCC[C@H]1CN(Cc2cccc(OCC(=O)O)c2)CCN1c1nc2ccc(C)cc2s1. The van der Waals surface area contributed by atoms with E-state index in [1.54, 1.807) is 11.3 Å². The molecule has 1 atom stereocenters. The number of aliphatic carboxylic acids is 1. The first-order chi connectivity index (χ1) is 15.5. The average molecular weight is 454 g/mol. The maximum atomic E-state index is 10.8. The van der Waals surface area contributed by atoms with Gasteiger partial charge < -0.3 is 14.7 Å². The molecule has 6 nitrogen and oxygen atoms in total. The predicted molar refractivity (Wildman–Crippen MR) is 130 cm³/mol. The van der Waals surface area contributed by atoms with Crippen LogP contribution in [0.3, 0.4) is 0 Å². The van der Waals surface area contributed by atoms with E-state index < -0.39 is 5.97 Å². The molecule has 1 aromatic heterocycles. The van der Waals surface area contributed by atoms with E-state index in [4.69, 9.17) is 14.8 Å². The van der Waals surface area contributed by atoms with Gasteiger partial charge in [0, 0.05) is 32.2 Å². The molecular formula is C25H31N3O3S. The minimum atomic E-state index is -0.963. The number of hydrogen-bond donors (Lipinski definition) is 1. The van der Waals surface area contributed by atoms with Crippen LogP contribution >= 0.6 is 11.3 Å². The first-order valence-electron chi connectivity index (χ1n) is 11.3. The number of unbranched alkanes of at least 4 members (excludes halogenated alkanes) is 1. The Morgan fingerprint density at radius 1 is 1.25 bits per heavy atom. The molecule has 32 heavy (non-hydrogen) atoms. The second-order valence-corrected chi connectivity index (χ2v) is 9.53. The molecular weight excluding hydrogens is 422 g/mol. The molecule has 0 bridgehead atoms. The number of piperazine rings is 1. The molecule has 1 aliphatic rings. The van der Waals surface area contributed by atoms with E-state index in [2.05, 4.69) is 47.9 Å². The summed E-state index contributed by atoms with van der Waals surface area (Å²) in [7, 11) is 0. The number of carboxylic acids is 1. The molecule has 170 valence electrons.